The summed E-state index contributed by atoms with van der Waals surface area (Å²) in [6.45, 7) is 0. The number of benzene rings is 4. The van der Waals surface area contributed by atoms with E-state index in [2.05, 4.69) is 18.2 Å². The summed E-state index contributed by atoms with van der Waals surface area (Å²) in [5, 5.41) is 22.9. The highest BCUT2D eigenvalue weighted by atomic mass is 16.3. The molecule has 0 saturated heterocycles. The lowest BCUT2D eigenvalue weighted by atomic mass is 10.0. The van der Waals surface area contributed by atoms with E-state index in [-0.39, 0.29) is 11.7 Å². The number of nitrogens with zero attached hydrogens (tertiary/aromatic N) is 1. The van der Waals surface area contributed by atoms with Gasteiger partial charge in [-0.1, -0.05) is 66.7 Å². The van der Waals surface area contributed by atoms with Crippen molar-refractivity contribution in [1.29, 1.82) is 5.41 Å². The number of guanidine groups is 1. The highest BCUT2D eigenvalue weighted by Gasteiger charge is 2.23. The lowest BCUT2D eigenvalue weighted by Gasteiger charge is -2.27. The van der Waals surface area contributed by atoms with Crippen molar-refractivity contribution in [2.75, 3.05) is 4.90 Å². The molecule has 1 aliphatic carbocycles. The topological polar surface area (TPSA) is 73.3 Å². The van der Waals surface area contributed by atoms with Crippen LogP contribution in [0, 0.1) is 5.41 Å². The van der Waals surface area contributed by atoms with E-state index in [4.69, 9.17) is 11.1 Å². The largest absolute Gasteiger partial charge is 0.506 e. The van der Waals surface area contributed by atoms with Gasteiger partial charge in [0.15, 0.2) is 5.96 Å². The van der Waals surface area contributed by atoms with Gasteiger partial charge < -0.3 is 10.8 Å². The maximum Gasteiger partial charge on any atom is 0.197 e. The lowest BCUT2D eigenvalue weighted by molar-refractivity contribution is 0.477. The summed E-state index contributed by atoms with van der Waals surface area (Å²) < 4.78 is 0. The number of rotatable bonds is 2. The number of aromatic hydroxyl groups is 1. The first kappa shape index (κ1) is 15.5. The summed E-state index contributed by atoms with van der Waals surface area (Å²) in [6.07, 6.45) is 4.18. The summed E-state index contributed by atoms with van der Waals surface area (Å²) >= 11 is 0. The van der Waals surface area contributed by atoms with Gasteiger partial charge in [0.05, 0.1) is 11.4 Å². The summed E-state index contributed by atoms with van der Waals surface area (Å²) in [5.41, 5.74) is 9.62. The Kier molecular flexibility index (Phi) is 3.21. The Balaban J connectivity index is 1.86. The molecule has 5 rings (SSSR count). The molecule has 4 nitrogen and oxygen atoms in total. The molecule has 4 aromatic rings. The lowest BCUT2D eigenvalue weighted by Crippen LogP contribution is -2.32. The molecule has 4 aromatic carbocycles. The van der Waals surface area contributed by atoms with Crippen molar-refractivity contribution in [3.63, 3.8) is 0 Å². The number of anilines is 2. The van der Waals surface area contributed by atoms with Gasteiger partial charge in [0.2, 0.25) is 0 Å². The molecule has 27 heavy (non-hydrogen) atoms. The Hall–Kier alpha value is -3.79. The van der Waals surface area contributed by atoms with E-state index in [1.165, 1.54) is 0 Å². The highest BCUT2D eigenvalue weighted by molar-refractivity contribution is 6.17. The van der Waals surface area contributed by atoms with Gasteiger partial charge in [-0.15, -0.1) is 0 Å². The fourth-order valence-electron chi connectivity index (χ4n) is 3.95. The molecule has 0 aromatic heterocycles. The quantitative estimate of drug-likeness (QED) is 0.302. The third kappa shape index (κ3) is 2.20. The first-order chi connectivity index (χ1) is 13.1. The van der Waals surface area contributed by atoms with Gasteiger partial charge >= 0.3 is 0 Å². The monoisotopic (exact) mass is 351 g/mol. The molecule has 4 heteroatoms. The molecule has 0 fully saturated rings. The van der Waals surface area contributed by atoms with E-state index in [1.807, 2.05) is 54.6 Å². The maximum atomic E-state index is 10.7. The molecule has 130 valence electrons. The minimum absolute atomic E-state index is 0.0882. The summed E-state index contributed by atoms with van der Waals surface area (Å²) in [5.74, 6) is -0.0569. The first-order valence-corrected chi connectivity index (χ1v) is 8.74. The van der Waals surface area contributed by atoms with Crippen molar-refractivity contribution in [2.45, 2.75) is 0 Å². The van der Waals surface area contributed by atoms with Crippen LogP contribution >= 0.6 is 0 Å². The van der Waals surface area contributed by atoms with Crippen LogP contribution < -0.4 is 10.6 Å². The second kappa shape index (κ2) is 5.61. The SMILES string of the molecule is N=C(N)N(c1c(O)ccc2ccccc12)c1ccc2c3c(cccc13)C=C2. The van der Waals surface area contributed by atoms with Crippen molar-refractivity contribution < 1.29 is 5.11 Å². The number of hydrogen-bond acceptors (Lipinski definition) is 2. The Labute approximate surface area is 156 Å². The Bertz CT molecular complexity index is 1260. The minimum atomic E-state index is -0.145. The summed E-state index contributed by atoms with van der Waals surface area (Å²) in [4.78, 5) is 1.62. The molecule has 0 bridgehead atoms. The third-order valence-electron chi connectivity index (χ3n) is 5.11. The number of phenolic OH excluding ortho intramolecular Hbond substituents is 1. The van der Waals surface area contributed by atoms with Crippen LogP contribution in [-0.4, -0.2) is 11.1 Å². The van der Waals surface area contributed by atoms with Gasteiger partial charge in [0, 0.05) is 10.8 Å². The molecule has 1 aliphatic rings. The Morgan fingerprint density at radius 2 is 1.56 bits per heavy atom. The summed E-state index contributed by atoms with van der Waals surface area (Å²) in [7, 11) is 0. The molecule has 4 N–H and O–H groups in total. The van der Waals surface area contributed by atoms with E-state index in [1.54, 1.807) is 11.0 Å². The number of nitrogens with two attached hydrogens (primary N) is 1. The van der Waals surface area contributed by atoms with Crippen LogP contribution in [0.1, 0.15) is 11.1 Å². The Morgan fingerprint density at radius 3 is 2.37 bits per heavy atom. The fourth-order valence-corrected chi connectivity index (χ4v) is 3.95. The van der Waals surface area contributed by atoms with E-state index >= 15 is 0 Å². The number of phenols is 1. The molecule has 0 saturated carbocycles. The van der Waals surface area contributed by atoms with Crippen LogP contribution in [0.5, 0.6) is 5.75 Å². The molecule has 0 spiro atoms. The molecular weight excluding hydrogens is 334 g/mol. The Morgan fingerprint density at radius 1 is 0.815 bits per heavy atom. The van der Waals surface area contributed by atoms with Gasteiger partial charge in [0.25, 0.3) is 0 Å². The second-order valence-corrected chi connectivity index (χ2v) is 6.65. The second-order valence-electron chi connectivity index (χ2n) is 6.65. The zero-order chi connectivity index (χ0) is 18.5. The number of fused-ring (bicyclic) bond motifs is 1. The average Bonchev–Trinajstić information content (AvgIpc) is 3.10. The van der Waals surface area contributed by atoms with E-state index in [0.717, 1.165) is 38.4 Å². The van der Waals surface area contributed by atoms with Crippen molar-refractivity contribution in [2.24, 2.45) is 5.73 Å². The molecular formula is C23H17N3O. The predicted octanol–water partition coefficient (Wildman–Crippen LogP) is 5.21. The van der Waals surface area contributed by atoms with Crippen LogP contribution in [0.3, 0.4) is 0 Å². The molecule has 0 atom stereocenters. The maximum absolute atomic E-state index is 10.7. The average molecular weight is 351 g/mol. The van der Waals surface area contributed by atoms with E-state index in [0.29, 0.717) is 5.69 Å². The van der Waals surface area contributed by atoms with Gasteiger partial charge in [-0.2, -0.15) is 0 Å². The van der Waals surface area contributed by atoms with E-state index in [9.17, 15) is 5.11 Å². The highest BCUT2D eigenvalue weighted by Crippen LogP contribution is 2.43. The summed E-state index contributed by atoms with van der Waals surface area (Å²) in [6, 6.07) is 21.4. The molecule has 0 heterocycles. The van der Waals surface area contributed by atoms with Crippen molar-refractivity contribution in [3.05, 3.63) is 77.9 Å². The standard InChI is InChI=1S/C23H17N3O/c24-23(25)26(22-17-6-2-1-4-14(17)11-13-20(22)27)19-12-10-16-9-8-15-5-3-7-18(19)21(15)16/h1-13,27H,(H3,24,25). The van der Waals surface area contributed by atoms with Crippen molar-refractivity contribution in [1.82, 2.24) is 0 Å². The van der Waals surface area contributed by atoms with E-state index < -0.39 is 0 Å². The zero-order valence-electron chi connectivity index (χ0n) is 14.5. The van der Waals surface area contributed by atoms with Gasteiger partial charge in [0.1, 0.15) is 5.75 Å². The molecule has 0 aliphatic heterocycles. The third-order valence-corrected chi connectivity index (χ3v) is 5.11. The smallest absolute Gasteiger partial charge is 0.197 e. The van der Waals surface area contributed by atoms with Gasteiger partial charge in [-0.05, 0) is 34.0 Å². The fraction of sp³-hybridized carbons (Fsp3) is 0. The van der Waals surface area contributed by atoms with Crippen LogP contribution in [-0.2, 0) is 0 Å². The number of nitrogens with one attached hydrogen (secondary N) is 1. The van der Waals surface area contributed by atoms with Crippen LogP contribution in [0.15, 0.2) is 66.7 Å². The molecule has 0 unspecified atom stereocenters. The van der Waals surface area contributed by atoms with Crippen LogP contribution in [0.25, 0.3) is 33.7 Å². The predicted molar refractivity (Wildman–Crippen MR) is 113 cm³/mol. The molecule has 0 amide bonds. The van der Waals surface area contributed by atoms with Gasteiger partial charge in [-0.25, -0.2) is 0 Å². The first-order valence-electron chi connectivity index (χ1n) is 8.74. The normalized spacial score (nSPS) is 12.0. The molecule has 0 radical (unpaired) electrons. The van der Waals surface area contributed by atoms with Crippen LogP contribution in [0.4, 0.5) is 11.4 Å². The minimum Gasteiger partial charge on any atom is -0.506 e. The van der Waals surface area contributed by atoms with Crippen molar-refractivity contribution >= 4 is 51.0 Å². The van der Waals surface area contributed by atoms with Gasteiger partial charge in [-0.3, -0.25) is 10.3 Å². The van der Waals surface area contributed by atoms with Crippen molar-refractivity contribution in [3.8, 4) is 5.75 Å². The zero-order valence-corrected chi connectivity index (χ0v) is 14.5. The van der Waals surface area contributed by atoms with Crippen LogP contribution in [0.2, 0.25) is 0 Å². The number of hydrogen-bond donors (Lipinski definition) is 3.